The molecule has 0 unspecified atom stereocenters. The van der Waals surface area contributed by atoms with E-state index in [1.54, 1.807) is 7.11 Å². The highest BCUT2D eigenvalue weighted by molar-refractivity contribution is 6.31. The van der Waals surface area contributed by atoms with E-state index in [0.717, 1.165) is 36.6 Å². The van der Waals surface area contributed by atoms with Gasteiger partial charge < -0.3 is 10.5 Å². The van der Waals surface area contributed by atoms with E-state index in [0.29, 0.717) is 0 Å². The van der Waals surface area contributed by atoms with Crippen LogP contribution < -0.4 is 10.5 Å². The number of hydrogen-bond acceptors (Lipinski definition) is 2. The van der Waals surface area contributed by atoms with Gasteiger partial charge in [-0.3, -0.25) is 0 Å². The van der Waals surface area contributed by atoms with Crippen molar-refractivity contribution in [1.29, 1.82) is 0 Å². The highest BCUT2D eigenvalue weighted by Crippen LogP contribution is 2.23. The van der Waals surface area contributed by atoms with Crippen LogP contribution in [0.4, 0.5) is 0 Å². The van der Waals surface area contributed by atoms with Gasteiger partial charge in [0.05, 0.1) is 7.11 Å². The minimum Gasteiger partial charge on any atom is -0.497 e. The van der Waals surface area contributed by atoms with Gasteiger partial charge in [0.1, 0.15) is 5.75 Å². The Morgan fingerprint density at radius 1 is 1.27 bits per heavy atom. The van der Waals surface area contributed by atoms with Crippen LogP contribution >= 0.6 is 11.6 Å². The van der Waals surface area contributed by atoms with Crippen LogP contribution in [0, 0.1) is 0 Å². The van der Waals surface area contributed by atoms with E-state index in [1.807, 2.05) is 18.2 Å². The first-order valence-corrected chi connectivity index (χ1v) is 5.68. The van der Waals surface area contributed by atoms with Gasteiger partial charge in [0.25, 0.3) is 0 Å². The Labute approximate surface area is 96.4 Å². The summed E-state index contributed by atoms with van der Waals surface area (Å²) in [5.41, 5.74) is 6.62. The second-order valence-corrected chi connectivity index (χ2v) is 3.96. The molecule has 0 amide bonds. The molecule has 1 aromatic rings. The number of hydrogen-bond donors (Lipinski definition) is 1. The Balaban J connectivity index is 2.47. The lowest BCUT2D eigenvalue weighted by Crippen LogP contribution is -1.98. The molecule has 2 nitrogen and oxygen atoms in total. The van der Waals surface area contributed by atoms with Gasteiger partial charge in [0.15, 0.2) is 0 Å². The van der Waals surface area contributed by atoms with Crippen molar-refractivity contribution in [2.24, 2.45) is 5.73 Å². The molecule has 2 N–H and O–H groups in total. The van der Waals surface area contributed by atoms with Crippen molar-refractivity contribution in [1.82, 2.24) is 0 Å². The van der Waals surface area contributed by atoms with Crippen LogP contribution in [-0.2, 0) is 6.42 Å². The molecule has 0 radical (unpaired) electrons. The molecule has 0 aromatic heterocycles. The summed E-state index contributed by atoms with van der Waals surface area (Å²) in [5, 5.41) is 0.794. The Kier molecular flexibility index (Phi) is 5.51. The molecule has 15 heavy (non-hydrogen) atoms. The lowest BCUT2D eigenvalue weighted by Gasteiger charge is -2.06. The van der Waals surface area contributed by atoms with E-state index in [1.165, 1.54) is 12.0 Å². The summed E-state index contributed by atoms with van der Waals surface area (Å²) in [5.74, 6) is 0.811. The molecule has 0 aliphatic heterocycles. The number of rotatable bonds is 6. The molecule has 0 aliphatic carbocycles. The normalized spacial score (nSPS) is 10.3. The van der Waals surface area contributed by atoms with Crippen molar-refractivity contribution in [2.75, 3.05) is 13.7 Å². The Morgan fingerprint density at radius 2 is 2.07 bits per heavy atom. The zero-order chi connectivity index (χ0) is 11.1. The van der Waals surface area contributed by atoms with Crippen molar-refractivity contribution in [3.8, 4) is 5.75 Å². The largest absolute Gasteiger partial charge is 0.497 e. The van der Waals surface area contributed by atoms with Gasteiger partial charge in [0.2, 0.25) is 0 Å². The fourth-order valence-corrected chi connectivity index (χ4v) is 1.76. The number of halogens is 1. The summed E-state index contributed by atoms with van der Waals surface area (Å²) in [6.45, 7) is 0.774. The standard InChI is InChI=1S/C12H18ClNO/c1-15-11-7-6-10(12(13)9-11)5-3-2-4-8-14/h6-7,9H,2-5,8,14H2,1H3. The maximum absolute atomic E-state index is 6.12. The lowest BCUT2D eigenvalue weighted by atomic mass is 10.1. The summed E-state index contributed by atoms with van der Waals surface area (Å²) in [4.78, 5) is 0. The third kappa shape index (κ3) is 4.10. The molecule has 0 saturated carbocycles. The highest BCUT2D eigenvalue weighted by Gasteiger charge is 2.01. The summed E-state index contributed by atoms with van der Waals surface area (Å²) < 4.78 is 5.09. The van der Waals surface area contributed by atoms with E-state index < -0.39 is 0 Å². The zero-order valence-electron chi connectivity index (χ0n) is 9.13. The SMILES string of the molecule is COc1ccc(CCCCCN)c(Cl)c1. The smallest absolute Gasteiger partial charge is 0.120 e. The van der Waals surface area contributed by atoms with Crippen LogP contribution in [0.2, 0.25) is 5.02 Å². The minimum atomic E-state index is 0.774. The predicted octanol–water partition coefficient (Wildman–Crippen LogP) is 3.02. The summed E-state index contributed by atoms with van der Waals surface area (Å²) in [7, 11) is 1.65. The van der Waals surface area contributed by atoms with E-state index in [4.69, 9.17) is 22.1 Å². The van der Waals surface area contributed by atoms with E-state index in [9.17, 15) is 0 Å². The fraction of sp³-hybridized carbons (Fsp3) is 0.500. The molecule has 0 aliphatic rings. The Bertz CT molecular complexity index is 302. The fourth-order valence-electron chi connectivity index (χ4n) is 1.49. The molecule has 0 atom stereocenters. The summed E-state index contributed by atoms with van der Waals surface area (Å²) in [6.07, 6.45) is 4.42. The molecule has 84 valence electrons. The first-order chi connectivity index (χ1) is 7.27. The second kappa shape index (κ2) is 6.70. The van der Waals surface area contributed by atoms with Gasteiger partial charge in [-0.1, -0.05) is 24.1 Å². The van der Waals surface area contributed by atoms with Gasteiger partial charge in [-0.05, 0) is 43.5 Å². The van der Waals surface area contributed by atoms with Crippen molar-refractivity contribution >= 4 is 11.6 Å². The molecule has 0 bridgehead atoms. The van der Waals surface area contributed by atoms with Crippen LogP contribution in [0.15, 0.2) is 18.2 Å². The molecule has 1 rings (SSSR count). The van der Waals surface area contributed by atoms with Gasteiger partial charge in [-0.15, -0.1) is 0 Å². The quantitative estimate of drug-likeness (QED) is 0.759. The minimum absolute atomic E-state index is 0.774. The third-order valence-electron chi connectivity index (χ3n) is 2.41. The monoisotopic (exact) mass is 227 g/mol. The van der Waals surface area contributed by atoms with Gasteiger partial charge in [-0.2, -0.15) is 0 Å². The van der Waals surface area contributed by atoms with E-state index in [-0.39, 0.29) is 0 Å². The second-order valence-electron chi connectivity index (χ2n) is 3.56. The van der Waals surface area contributed by atoms with Crippen LogP contribution in [0.3, 0.4) is 0 Å². The molecule has 3 heteroatoms. The number of ether oxygens (including phenoxy) is 1. The summed E-state index contributed by atoms with van der Waals surface area (Å²) in [6, 6.07) is 5.84. The van der Waals surface area contributed by atoms with Gasteiger partial charge >= 0.3 is 0 Å². The predicted molar refractivity (Wildman–Crippen MR) is 64.6 cm³/mol. The van der Waals surface area contributed by atoms with Crippen LogP contribution in [-0.4, -0.2) is 13.7 Å². The molecule has 1 aromatic carbocycles. The Hall–Kier alpha value is -0.730. The maximum Gasteiger partial charge on any atom is 0.120 e. The van der Waals surface area contributed by atoms with Crippen LogP contribution in [0.5, 0.6) is 5.75 Å². The molecular weight excluding hydrogens is 210 g/mol. The van der Waals surface area contributed by atoms with Crippen molar-refractivity contribution in [2.45, 2.75) is 25.7 Å². The van der Waals surface area contributed by atoms with E-state index in [2.05, 4.69) is 0 Å². The first kappa shape index (κ1) is 12.3. The zero-order valence-corrected chi connectivity index (χ0v) is 9.89. The molecule has 0 saturated heterocycles. The average Bonchev–Trinajstić information content (AvgIpc) is 2.26. The number of benzene rings is 1. The van der Waals surface area contributed by atoms with E-state index >= 15 is 0 Å². The lowest BCUT2D eigenvalue weighted by molar-refractivity contribution is 0.414. The van der Waals surface area contributed by atoms with Crippen molar-refractivity contribution in [3.63, 3.8) is 0 Å². The number of nitrogens with two attached hydrogens (primary N) is 1. The number of aryl methyl sites for hydroxylation is 1. The van der Waals surface area contributed by atoms with Crippen LogP contribution in [0.25, 0.3) is 0 Å². The molecular formula is C12H18ClNO. The molecule has 0 heterocycles. The van der Waals surface area contributed by atoms with Gasteiger partial charge in [-0.25, -0.2) is 0 Å². The topological polar surface area (TPSA) is 35.2 Å². The third-order valence-corrected chi connectivity index (χ3v) is 2.76. The molecule has 0 fully saturated rings. The van der Waals surface area contributed by atoms with Crippen LogP contribution in [0.1, 0.15) is 24.8 Å². The summed E-state index contributed by atoms with van der Waals surface area (Å²) >= 11 is 6.12. The van der Waals surface area contributed by atoms with Crippen molar-refractivity contribution in [3.05, 3.63) is 28.8 Å². The first-order valence-electron chi connectivity index (χ1n) is 5.30. The number of methoxy groups -OCH3 is 1. The Morgan fingerprint density at radius 3 is 2.67 bits per heavy atom. The maximum atomic E-state index is 6.12. The highest BCUT2D eigenvalue weighted by atomic mass is 35.5. The number of unbranched alkanes of at least 4 members (excludes halogenated alkanes) is 2. The van der Waals surface area contributed by atoms with Crippen molar-refractivity contribution < 1.29 is 4.74 Å². The molecule has 0 spiro atoms. The average molecular weight is 228 g/mol. The van der Waals surface area contributed by atoms with Gasteiger partial charge in [0, 0.05) is 5.02 Å².